The van der Waals surface area contributed by atoms with Gasteiger partial charge in [0.2, 0.25) is 0 Å². The van der Waals surface area contributed by atoms with Crippen molar-refractivity contribution in [2.45, 2.75) is 59.1 Å². The first-order valence-electron chi connectivity index (χ1n) is 11.7. The van der Waals surface area contributed by atoms with Crippen molar-refractivity contribution in [1.29, 1.82) is 0 Å². The lowest BCUT2D eigenvalue weighted by Gasteiger charge is -2.19. The van der Waals surface area contributed by atoms with Crippen LogP contribution in [0.2, 0.25) is 0 Å². The molecular weight excluding hydrogens is 408 g/mol. The number of ether oxygens (including phenoxy) is 2. The summed E-state index contributed by atoms with van der Waals surface area (Å²) in [7, 11) is 0. The first kappa shape index (κ1) is 22.9. The van der Waals surface area contributed by atoms with Gasteiger partial charge in [-0.25, -0.2) is 4.98 Å². The van der Waals surface area contributed by atoms with Crippen LogP contribution in [-0.4, -0.2) is 16.2 Å². The van der Waals surface area contributed by atoms with Gasteiger partial charge in [0.25, 0.3) is 0 Å². The topological polar surface area (TPSA) is 36.3 Å². The smallest absolute Gasteiger partial charge is 0.148 e. The molecule has 1 aromatic heterocycles. The molecule has 4 rings (SSSR count). The minimum Gasteiger partial charge on any atom is -0.492 e. The van der Waals surface area contributed by atoms with Crippen molar-refractivity contribution in [2.75, 3.05) is 6.61 Å². The number of hydrogen-bond donors (Lipinski definition) is 0. The van der Waals surface area contributed by atoms with Crippen LogP contribution in [0, 0.1) is 0 Å². The van der Waals surface area contributed by atoms with Crippen molar-refractivity contribution in [3.8, 4) is 11.5 Å². The van der Waals surface area contributed by atoms with E-state index >= 15 is 0 Å². The number of imidazole rings is 1. The van der Waals surface area contributed by atoms with E-state index in [1.54, 1.807) is 0 Å². The molecular formula is C29H34N2O2. The van der Waals surface area contributed by atoms with Gasteiger partial charge in [-0.05, 0) is 58.9 Å². The van der Waals surface area contributed by atoms with Gasteiger partial charge in [0.05, 0.1) is 17.6 Å². The van der Waals surface area contributed by atoms with E-state index < -0.39 is 0 Å². The van der Waals surface area contributed by atoms with Crippen LogP contribution in [0.1, 0.15) is 57.5 Å². The zero-order valence-corrected chi connectivity index (χ0v) is 20.3. The van der Waals surface area contributed by atoms with Crippen LogP contribution in [0.25, 0.3) is 11.0 Å². The molecule has 0 amide bonds. The van der Waals surface area contributed by atoms with E-state index in [1.807, 2.05) is 42.5 Å². The minimum absolute atomic E-state index is 0.127. The maximum Gasteiger partial charge on any atom is 0.148 e. The van der Waals surface area contributed by atoms with Gasteiger partial charge in [-0.1, -0.05) is 71.0 Å². The third-order valence-corrected chi connectivity index (χ3v) is 5.95. The van der Waals surface area contributed by atoms with Crippen LogP contribution < -0.4 is 9.47 Å². The molecule has 0 aliphatic heterocycles. The normalized spacial score (nSPS) is 11.8. The third-order valence-electron chi connectivity index (χ3n) is 5.95. The fraction of sp³-hybridized carbons (Fsp3) is 0.345. The molecule has 0 fully saturated rings. The predicted molar refractivity (Wildman–Crippen MR) is 135 cm³/mol. The van der Waals surface area contributed by atoms with Crippen LogP contribution in [0.3, 0.4) is 0 Å². The summed E-state index contributed by atoms with van der Waals surface area (Å²) in [5.41, 5.74) is 4.80. The Morgan fingerprint density at radius 3 is 2.12 bits per heavy atom. The average molecular weight is 443 g/mol. The fourth-order valence-corrected chi connectivity index (χ4v) is 3.89. The minimum atomic E-state index is 0.127. The Bertz CT molecular complexity index is 1180. The summed E-state index contributed by atoms with van der Waals surface area (Å²) in [6.07, 6.45) is 0. The van der Waals surface area contributed by atoms with Crippen molar-refractivity contribution in [3.05, 3.63) is 89.7 Å². The molecule has 1 heterocycles. The third kappa shape index (κ3) is 5.57. The fourth-order valence-electron chi connectivity index (χ4n) is 3.89. The van der Waals surface area contributed by atoms with Gasteiger partial charge in [-0.15, -0.1) is 0 Å². The molecule has 172 valence electrons. The van der Waals surface area contributed by atoms with E-state index in [9.17, 15) is 0 Å². The van der Waals surface area contributed by atoms with Crippen LogP contribution in [0.4, 0.5) is 0 Å². The molecule has 4 heteroatoms. The molecule has 0 saturated heterocycles. The summed E-state index contributed by atoms with van der Waals surface area (Å²) >= 11 is 0. The first-order valence-corrected chi connectivity index (χ1v) is 11.7. The summed E-state index contributed by atoms with van der Waals surface area (Å²) in [6, 6.07) is 24.9. The van der Waals surface area contributed by atoms with Gasteiger partial charge in [-0.2, -0.15) is 0 Å². The lowest BCUT2D eigenvalue weighted by atomic mass is 9.87. The quantitative estimate of drug-likeness (QED) is 0.292. The molecule has 0 radical (unpaired) electrons. The van der Waals surface area contributed by atoms with Gasteiger partial charge in [0.15, 0.2) is 0 Å². The molecule has 0 unspecified atom stereocenters. The average Bonchev–Trinajstić information content (AvgIpc) is 3.15. The lowest BCUT2D eigenvalue weighted by molar-refractivity contribution is 0.272. The largest absolute Gasteiger partial charge is 0.492 e. The molecule has 4 nitrogen and oxygen atoms in total. The number of fused-ring (bicyclic) bond motifs is 1. The SMILES string of the molecule is CC(C)c1ccc(OCCn2c(COc3ccc(C(C)(C)C)cc3)nc3ccccc32)cc1. The molecule has 3 aromatic carbocycles. The number of aromatic nitrogens is 2. The van der Waals surface area contributed by atoms with Gasteiger partial charge in [-0.3, -0.25) is 0 Å². The van der Waals surface area contributed by atoms with Crippen LogP contribution in [0.5, 0.6) is 11.5 Å². The summed E-state index contributed by atoms with van der Waals surface area (Å²) in [5, 5.41) is 0. The standard InChI is InChI=1S/C29H34N2O2/c1-21(2)22-10-14-24(15-11-22)32-19-18-31-27-9-7-6-8-26(27)30-28(31)20-33-25-16-12-23(13-17-25)29(3,4)5/h6-17,21H,18-20H2,1-5H3. The maximum atomic E-state index is 6.11. The first-order chi connectivity index (χ1) is 15.8. The number of rotatable bonds is 8. The predicted octanol–water partition coefficient (Wildman–Crippen LogP) is 7.12. The Labute approximate surface area is 197 Å². The molecule has 0 saturated carbocycles. The molecule has 0 bridgehead atoms. The molecule has 0 N–H and O–H groups in total. The molecule has 33 heavy (non-hydrogen) atoms. The second-order valence-electron chi connectivity index (χ2n) is 9.80. The molecule has 0 aliphatic carbocycles. The Hall–Kier alpha value is -3.27. The van der Waals surface area contributed by atoms with E-state index in [2.05, 4.69) is 69.5 Å². The van der Waals surface area contributed by atoms with Gasteiger partial charge < -0.3 is 14.0 Å². The number of para-hydroxylation sites is 2. The Kier molecular flexibility index (Phi) is 6.73. The van der Waals surface area contributed by atoms with Crippen LogP contribution >= 0.6 is 0 Å². The van der Waals surface area contributed by atoms with Gasteiger partial charge in [0.1, 0.15) is 30.5 Å². The second kappa shape index (κ2) is 9.70. The monoisotopic (exact) mass is 442 g/mol. The maximum absolute atomic E-state index is 6.11. The van der Waals surface area contributed by atoms with Gasteiger partial charge in [0, 0.05) is 0 Å². The summed E-state index contributed by atoms with van der Waals surface area (Å²) in [6.45, 7) is 12.7. The van der Waals surface area contributed by atoms with Crippen molar-refractivity contribution in [1.82, 2.24) is 9.55 Å². The Balaban J connectivity index is 1.45. The zero-order valence-electron chi connectivity index (χ0n) is 20.3. The Morgan fingerprint density at radius 1 is 0.818 bits per heavy atom. The molecule has 0 aliphatic rings. The van der Waals surface area contributed by atoms with Crippen molar-refractivity contribution >= 4 is 11.0 Å². The van der Waals surface area contributed by atoms with Crippen LogP contribution in [0.15, 0.2) is 72.8 Å². The summed E-state index contributed by atoms with van der Waals surface area (Å²) < 4.78 is 14.3. The van der Waals surface area contributed by atoms with E-state index in [0.29, 0.717) is 25.7 Å². The number of benzene rings is 3. The van der Waals surface area contributed by atoms with Crippen LogP contribution in [-0.2, 0) is 18.6 Å². The highest BCUT2D eigenvalue weighted by molar-refractivity contribution is 5.75. The molecule has 0 atom stereocenters. The zero-order chi connectivity index (χ0) is 23.4. The highest BCUT2D eigenvalue weighted by Gasteiger charge is 2.14. The number of hydrogen-bond acceptors (Lipinski definition) is 3. The molecule has 0 spiro atoms. The number of nitrogens with zero attached hydrogens (tertiary/aromatic N) is 2. The van der Waals surface area contributed by atoms with Crippen molar-refractivity contribution < 1.29 is 9.47 Å². The molecule has 4 aromatic rings. The van der Waals surface area contributed by atoms with E-state index in [-0.39, 0.29) is 5.41 Å². The highest BCUT2D eigenvalue weighted by Crippen LogP contribution is 2.25. The van der Waals surface area contributed by atoms with E-state index in [0.717, 1.165) is 28.4 Å². The van der Waals surface area contributed by atoms with E-state index in [1.165, 1.54) is 11.1 Å². The Morgan fingerprint density at radius 2 is 1.45 bits per heavy atom. The van der Waals surface area contributed by atoms with Gasteiger partial charge >= 0.3 is 0 Å². The lowest BCUT2D eigenvalue weighted by Crippen LogP contribution is -2.13. The summed E-state index contributed by atoms with van der Waals surface area (Å²) in [4.78, 5) is 4.82. The second-order valence-corrected chi connectivity index (χ2v) is 9.80. The van der Waals surface area contributed by atoms with Crippen molar-refractivity contribution in [2.24, 2.45) is 0 Å². The van der Waals surface area contributed by atoms with Crippen molar-refractivity contribution in [3.63, 3.8) is 0 Å². The highest BCUT2D eigenvalue weighted by atomic mass is 16.5. The van der Waals surface area contributed by atoms with E-state index in [4.69, 9.17) is 14.5 Å². The summed E-state index contributed by atoms with van der Waals surface area (Å²) in [5.74, 6) is 3.15.